The third-order valence-electron chi connectivity index (χ3n) is 3.31. The van der Waals surface area contributed by atoms with Gasteiger partial charge in [0.2, 0.25) is 5.91 Å². The van der Waals surface area contributed by atoms with E-state index in [4.69, 9.17) is 5.11 Å². The van der Waals surface area contributed by atoms with Crippen molar-refractivity contribution in [3.8, 4) is 0 Å². The molecule has 1 aromatic carbocycles. The number of rotatable bonds is 10. The fourth-order valence-electron chi connectivity index (χ4n) is 2.02. The Labute approximate surface area is 131 Å². The van der Waals surface area contributed by atoms with Crippen molar-refractivity contribution in [1.29, 1.82) is 0 Å². The van der Waals surface area contributed by atoms with E-state index in [9.17, 15) is 9.59 Å². The molecule has 22 heavy (non-hydrogen) atoms. The summed E-state index contributed by atoms with van der Waals surface area (Å²) in [5.74, 6) is -0.925. The summed E-state index contributed by atoms with van der Waals surface area (Å²) in [6, 6.07) is 10.1. The van der Waals surface area contributed by atoms with E-state index in [-0.39, 0.29) is 18.9 Å². The van der Waals surface area contributed by atoms with Gasteiger partial charge in [-0.2, -0.15) is 0 Å². The topological polar surface area (TPSA) is 72.9 Å². The zero-order valence-corrected chi connectivity index (χ0v) is 13.3. The molecule has 1 aromatic rings. The first-order valence-corrected chi connectivity index (χ1v) is 7.42. The second-order valence-electron chi connectivity index (χ2n) is 5.34. The van der Waals surface area contributed by atoms with Gasteiger partial charge in [0.05, 0.1) is 13.0 Å². The second-order valence-corrected chi connectivity index (χ2v) is 5.34. The maximum atomic E-state index is 11.7. The van der Waals surface area contributed by atoms with Crippen LogP contribution in [0.4, 0.5) is 5.69 Å². The molecule has 0 heterocycles. The minimum absolute atomic E-state index is 0.0473. The molecule has 2 N–H and O–H groups in total. The van der Waals surface area contributed by atoms with Crippen LogP contribution in [-0.4, -0.2) is 62.2 Å². The number of hydrogen-bond acceptors (Lipinski definition) is 4. The van der Waals surface area contributed by atoms with Crippen LogP contribution in [0.3, 0.4) is 0 Å². The average molecular weight is 307 g/mol. The molecule has 0 aromatic heterocycles. The highest BCUT2D eigenvalue weighted by Gasteiger charge is 2.07. The van der Waals surface area contributed by atoms with Crippen LogP contribution in [0.1, 0.15) is 12.8 Å². The molecular weight excluding hydrogens is 282 g/mol. The number of benzene rings is 1. The van der Waals surface area contributed by atoms with Crippen molar-refractivity contribution in [2.75, 3.05) is 45.2 Å². The summed E-state index contributed by atoms with van der Waals surface area (Å²) in [6.45, 7) is 2.07. The molecule has 6 nitrogen and oxygen atoms in total. The zero-order chi connectivity index (χ0) is 16.4. The molecule has 6 heteroatoms. The van der Waals surface area contributed by atoms with Gasteiger partial charge in [0.25, 0.3) is 0 Å². The molecule has 0 spiro atoms. The Morgan fingerprint density at radius 3 is 2.45 bits per heavy atom. The van der Waals surface area contributed by atoms with E-state index in [2.05, 4.69) is 22.3 Å². The summed E-state index contributed by atoms with van der Waals surface area (Å²) < 4.78 is 0. The monoisotopic (exact) mass is 307 g/mol. The average Bonchev–Trinajstić information content (AvgIpc) is 2.50. The first-order valence-electron chi connectivity index (χ1n) is 7.42. The van der Waals surface area contributed by atoms with Gasteiger partial charge >= 0.3 is 5.97 Å². The Kier molecular flexibility index (Phi) is 7.99. The number of anilines is 1. The van der Waals surface area contributed by atoms with Crippen LogP contribution in [0.2, 0.25) is 0 Å². The lowest BCUT2D eigenvalue weighted by Gasteiger charge is -2.19. The number of aliphatic carboxylic acids is 1. The summed E-state index contributed by atoms with van der Waals surface area (Å²) in [4.78, 5) is 26.0. The summed E-state index contributed by atoms with van der Waals surface area (Å²) in [5, 5.41) is 11.4. The van der Waals surface area contributed by atoms with Crippen LogP contribution >= 0.6 is 0 Å². The number of nitrogens with zero attached hydrogens (tertiary/aromatic N) is 2. The molecule has 0 fully saturated rings. The predicted octanol–water partition coefficient (Wildman–Crippen LogP) is 1.04. The SMILES string of the molecule is CN(CCC(=O)O)CC(=O)NCCCN(C)c1ccccc1. The van der Waals surface area contributed by atoms with E-state index in [1.165, 1.54) is 0 Å². The third kappa shape index (κ3) is 7.64. The normalized spacial score (nSPS) is 10.5. The largest absolute Gasteiger partial charge is 0.481 e. The number of para-hydroxylation sites is 1. The number of carboxylic acids is 1. The molecule has 122 valence electrons. The highest BCUT2D eigenvalue weighted by atomic mass is 16.4. The van der Waals surface area contributed by atoms with Gasteiger partial charge in [0.15, 0.2) is 0 Å². The highest BCUT2D eigenvalue weighted by Crippen LogP contribution is 2.10. The standard InChI is InChI=1S/C16H25N3O3/c1-18(12-9-16(21)22)13-15(20)17-10-6-11-19(2)14-7-4-3-5-8-14/h3-5,7-8H,6,9-13H2,1-2H3,(H,17,20)(H,21,22). The minimum Gasteiger partial charge on any atom is -0.481 e. The fourth-order valence-corrected chi connectivity index (χ4v) is 2.02. The third-order valence-corrected chi connectivity index (χ3v) is 3.31. The molecule has 0 atom stereocenters. The van der Waals surface area contributed by atoms with Gasteiger partial charge in [-0.25, -0.2) is 0 Å². The molecule has 0 bridgehead atoms. The molecule has 1 amide bonds. The first-order chi connectivity index (χ1) is 10.5. The Hall–Kier alpha value is -2.08. The number of carbonyl (C=O) groups is 2. The lowest BCUT2D eigenvalue weighted by Crippen LogP contribution is -2.37. The van der Waals surface area contributed by atoms with Gasteiger partial charge in [-0.15, -0.1) is 0 Å². The minimum atomic E-state index is -0.851. The van der Waals surface area contributed by atoms with Gasteiger partial charge in [-0.1, -0.05) is 18.2 Å². The van der Waals surface area contributed by atoms with Crippen LogP contribution in [0.5, 0.6) is 0 Å². The maximum Gasteiger partial charge on any atom is 0.304 e. The quantitative estimate of drug-likeness (QED) is 0.632. The molecule has 0 saturated carbocycles. The second kappa shape index (κ2) is 9.78. The van der Waals surface area contributed by atoms with Crippen LogP contribution in [0, 0.1) is 0 Å². The molecule has 0 aliphatic heterocycles. The maximum absolute atomic E-state index is 11.7. The molecule has 1 rings (SSSR count). The van der Waals surface area contributed by atoms with Crippen molar-refractivity contribution < 1.29 is 14.7 Å². The van der Waals surface area contributed by atoms with Crippen molar-refractivity contribution in [1.82, 2.24) is 10.2 Å². The molecule has 0 aliphatic carbocycles. The van der Waals surface area contributed by atoms with Gasteiger partial charge in [-0.05, 0) is 25.6 Å². The molecule has 0 radical (unpaired) electrons. The van der Waals surface area contributed by atoms with Crippen LogP contribution in [0.25, 0.3) is 0 Å². The van der Waals surface area contributed by atoms with E-state index in [0.717, 1.165) is 18.7 Å². The number of likely N-dealkylation sites (N-methyl/N-ethyl adjacent to an activating group) is 1. The fraction of sp³-hybridized carbons (Fsp3) is 0.500. The van der Waals surface area contributed by atoms with E-state index in [1.54, 1.807) is 11.9 Å². The van der Waals surface area contributed by atoms with Gasteiger partial charge < -0.3 is 15.3 Å². The summed E-state index contributed by atoms with van der Waals surface area (Å²) in [7, 11) is 3.77. The molecule has 0 unspecified atom stereocenters. The molecule has 0 aliphatic rings. The lowest BCUT2D eigenvalue weighted by molar-refractivity contribution is -0.137. The van der Waals surface area contributed by atoms with E-state index in [0.29, 0.717) is 13.1 Å². The van der Waals surface area contributed by atoms with E-state index in [1.807, 2.05) is 25.2 Å². The van der Waals surface area contributed by atoms with Crippen LogP contribution in [0.15, 0.2) is 30.3 Å². The van der Waals surface area contributed by atoms with Crippen LogP contribution < -0.4 is 10.2 Å². The van der Waals surface area contributed by atoms with Gasteiger partial charge in [-0.3, -0.25) is 14.5 Å². The number of carbonyl (C=O) groups excluding carboxylic acids is 1. The Morgan fingerprint density at radius 1 is 1.14 bits per heavy atom. The smallest absolute Gasteiger partial charge is 0.304 e. The number of amides is 1. The number of nitrogens with one attached hydrogen (secondary N) is 1. The molecular formula is C16H25N3O3. The van der Waals surface area contributed by atoms with Crippen LogP contribution in [-0.2, 0) is 9.59 Å². The van der Waals surface area contributed by atoms with Gasteiger partial charge in [0.1, 0.15) is 0 Å². The van der Waals surface area contributed by atoms with Crippen molar-refractivity contribution >= 4 is 17.6 Å². The summed E-state index contributed by atoms with van der Waals surface area (Å²) in [6.07, 6.45) is 0.904. The van der Waals surface area contributed by atoms with Crippen molar-refractivity contribution in [3.05, 3.63) is 30.3 Å². The number of hydrogen-bond donors (Lipinski definition) is 2. The summed E-state index contributed by atoms with van der Waals surface area (Å²) >= 11 is 0. The predicted molar refractivity (Wildman–Crippen MR) is 87.1 cm³/mol. The zero-order valence-electron chi connectivity index (χ0n) is 13.3. The lowest BCUT2D eigenvalue weighted by atomic mass is 10.3. The molecule has 0 saturated heterocycles. The Balaban J connectivity index is 2.13. The van der Waals surface area contributed by atoms with Gasteiger partial charge in [0, 0.05) is 32.4 Å². The Morgan fingerprint density at radius 2 is 1.82 bits per heavy atom. The highest BCUT2D eigenvalue weighted by molar-refractivity contribution is 5.78. The summed E-state index contributed by atoms with van der Waals surface area (Å²) in [5.41, 5.74) is 1.15. The van der Waals surface area contributed by atoms with Crippen molar-refractivity contribution in [3.63, 3.8) is 0 Å². The van der Waals surface area contributed by atoms with E-state index >= 15 is 0 Å². The Bertz CT molecular complexity index is 465. The van der Waals surface area contributed by atoms with Crippen molar-refractivity contribution in [2.45, 2.75) is 12.8 Å². The number of carboxylic acid groups (broad SMARTS) is 1. The first kappa shape index (κ1) is 18.0. The van der Waals surface area contributed by atoms with E-state index < -0.39 is 5.97 Å². The van der Waals surface area contributed by atoms with Crippen molar-refractivity contribution in [2.24, 2.45) is 0 Å².